The number of carbonyl (C=O) groups excluding carboxylic acids is 2. The minimum atomic E-state index is -4.41. The van der Waals surface area contributed by atoms with Crippen LogP contribution < -0.4 is 5.32 Å². The standard InChI is InChI=1S/C42H82NO8P/c1-3-5-7-9-11-13-15-17-18-19-20-21-23-24-26-28-30-32-34-41(45)43-36-37-50-52(47,48)51-39-40(44)38-49-42(46)35-33-31-29-27-25-22-16-14-12-10-8-6-4-2/h18-19,40,44H,3-17,20-39H2,1-2H3,(H,43,45)(H,47,48)/b19-18-. The second-order valence-electron chi connectivity index (χ2n) is 14.7. The van der Waals surface area contributed by atoms with Crippen LogP contribution in [-0.2, 0) is 27.9 Å². The van der Waals surface area contributed by atoms with Crippen LogP contribution in [0.15, 0.2) is 12.2 Å². The molecule has 3 N–H and O–H groups in total. The third kappa shape index (κ3) is 39.9. The zero-order valence-corrected chi connectivity index (χ0v) is 34.7. The van der Waals surface area contributed by atoms with Gasteiger partial charge >= 0.3 is 13.8 Å². The van der Waals surface area contributed by atoms with Crippen LogP contribution in [0.3, 0.4) is 0 Å². The molecular formula is C42H82NO8P. The number of unbranched alkanes of at least 4 members (excludes halogenated alkanes) is 26. The van der Waals surface area contributed by atoms with Gasteiger partial charge in [-0.3, -0.25) is 18.6 Å². The third-order valence-electron chi connectivity index (χ3n) is 9.45. The summed E-state index contributed by atoms with van der Waals surface area (Å²) >= 11 is 0. The first-order chi connectivity index (χ1) is 25.3. The molecule has 0 bridgehead atoms. The molecule has 0 aromatic rings. The number of nitrogens with one attached hydrogen (secondary N) is 1. The number of allylic oxidation sites excluding steroid dienone is 2. The van der Waals surface area contributed by atoms with Crippen LogP contribution >= 0.6 is 7.82 Å². The number of hydrogen-bond donors (Lipinski definition) is 3. The van der Waals surface area contributed by atoms with Gasteiger partial charge < -0.3 is 20.1 Å². The first-order valence-electron chi connectivity index (χ1n) is 21.7. The maximum Gasteiger partial charge on any atom is 0.472 e. The topological polar surface area (TPSA) is 131 Å². The van der Waals surface area contributed by atoms with E-state index in [9.17, 15) is 24.2 Å². The van der Waals surface area contributed by atoms with Crippen LogP contribution in [0.1, 0.15) is 213 Å². The van der Waals surface area contributed by atoms with E-state index in [4.69, 9.17) is 13.8 Å². The summed E-state index contributed by atoms with van der Waals surface area (Å²) in [7, 11) is -4.41. The van der Waals surface area contributed by atoms with Crippen LogP contribution in [-0.4, -0.2) is 54.3 Å². The number of aliphatic hydroxyl groups is 1. The molecule has 1 amide bonds. The zero-order valence-electron chi connectivity index (χ0n) is 33.8. The predicted molar refractivity (Wildman–Crippen MR) is 215 cm³/mol. The smallest absolute Gasteiger partial charge is 0.463 e. The minimum absolute atomic E-state index is 0.0829. The van der Waals surface area contributed by atoms with E-state index in [1.807, 2.05) is 0 Å². The average Bonchev–Trinajstić information content (AvgIpc) is 3.13. The first-order valence-corrected chi connectivity index (χ1v) is 23.2. The van der Waals surface area contributed by atoms with E-state index in [2.05, 4.69) is 31.3 Å². The lowest BCUT2D eigenvalue weighted by atomic mass is 10.0. The molecule has 0 aliphatic rings. The lowest BCUT2D eigenvalue weighted by Gasteiger charge is -2.15. The van der Waals surface area contributed by atoms with E-state index in [0.717, 1.165) is 38.5 Å². The van der Waals surface area contributed by atoms with Crippen molar-refractivity contribution in [1.82, 2.24) is 5.32 Å². The fourth-order valence-electron chi connectivity index (χ4n) is 6.14. The van der Waals surface area contributed by atoms with E-state index >= 15 is 0 Å². The molecule has 0 saturated carbocycles. The number of carbonyl (C=O) groups is 2. The number of rotatable bonds is 41. The molecule has 0 aliphatic carbocycles. The summed E-state index contributed by atoms with van der Waals surface area (Å²) in [5, 5.41) is 12.7. The van der Waals surface area contributed by atoms with Gasteiger partial charge in [-0.15, -0.1) is 0 Å². The van der Waals surface area contributed by atoms with E-state index in [0.29, 0.717) is 6.42 Å². The van der Waals surface area contributed by atoms with Crippen molar-refractivity contribution in [2.75, 3.05) is 26.4 Å². The molecular weight excluding hydrogens is 677 g/mol. The summed E-state index contributed by atoms with van der Waals surface area (Å²) < 4.78 is 26.8. The lowest BCUT2D eigenvalue weighted by Crippen LogP contribution is -2.27. The largest absolute Gasteiger partial charge is 0.472 e. The molecule has 10 heteroatoms. The van der Waals surface area contributed by atoms with Crippen LogP contribution in [0.25, 0.3) is 0 Å². The highest BCUT2D eigenvalue weighted by atomic mass is 31.2. The van der Waals surface area contributed by atoms with Crippen molar-refractivity contribution in [2.45, 2.75) is 219 Å². The lowest BCUT2D eigenvalue weighted by molar-refractivity contribution is -0.147. The number of hydrogen-bond acceptors (Lipinski definition) is 7. The Bertz CT molecular complexity index is 871. The second-order valence-corrected chi connectivity index (χ2v) is 16.1. The van der Waals surface area contributed by atoms with Gasteiger partial charge in [-0.05, 0) is 38.5 Å². The summed E-state index contributed by atoms with van der Waals surface area (Å²) in [6, 6.07) is 0. The summed E-state index contributed by atoms with van der Waals surface area (Å²) in [6.45, 7) is 3.57. The van der Waals surface area contributed by atoms with Gasteiger partial charge in [-0.1, -0.05) is 174 Å². The van der Waals surface area contributed by atoms with Crippen molar-refractivity contribution in [1.29, 1.82) is 0 Å². The number of phosphoric acid groups is 1. The Morgan fingerprint density at radius 3 is 1.44 bits per heavy atom. The molecule has 0 heterocycles. The molecule has 9 nitrogen and oxygen atoms in total. The number of phosphoric ester groups is 1. The Hall–Kier alpha value is -1.25. The quantitative estimate of drug-likeness (QED) is 0.0243. The monoisotopic (exact) mass is 760 g/mol. The number of ether oxygens (including phenoxy) is 1. The van der Waals surface area contributed by atoms with Gasteiger partial charge in [-0.25, -0.2) is 4.57 Å². The van der Waals surface area contributed by atoms with Crippen LogP contribution in [0.4, 0.5) is 0 Å². The molecule has 308 valence electrons. The second kappa shape index (κ2) is 39.4. The minimum Gasteiger partial charge on any atom is -0.463 e. The van der Waals surface area contributed by atoms with E-state index in [1.54, 1.807) is 0 Å². The fourth-order valence-corrected chi connectivity index (χ4v) is 6.90. The highest BCUT2D eigenvalue weighted by Crippen LogP contribution is 2.42. The Kier molecular flexibility index (Phi) is 38.5. The van der Waals surface area contributed by atoms with Gasteiger partial charge in [-0.2, -0.15) is 0 Å². The zero-order chi connectivity index (χ0) is 38.2. The van der Waals surface area contributed by atoms with Gasteiger partial charge in [0.1, 0.15) is 12.7 Å². The Morgan fingerprint density at radius 1 is 0.577 bits per heavy atom. The molecule has 0 spiro atoms. The molecule has 2 unspecified atom stereocenters. The number of esters is 1. The van der Waals surface area contributed by atoms with E-state index < -0.39 is 26.5 Å². The highest BCUT2D eigenvalue weighted by Gasteiger charge is 2.23. The Labute approximate surface area is 319 Å². The van der Waals surface area contributed by atoms with Gasteiger partial charge in [0.15, 0.2) is 0 Å². The van der Waals surface area contributed by atoms with Crippen molar-refractivity contribution in [3.8, 4) is 0 Å². The third-order valence-corrected chi connectivity index (χ3v) is 10.4. The highest BCUT2D eigenvalue weighted by molar-refractivity contribution is 7.47. The maximum atomic E-state index is 12.1. The van der Waals surface area contributed by atoms with Crippen LogP contribution in [0.5, 0.6) is 0 Å². The summed E-state index contributed by atoms with van der Waals surface area (Å²) in [5.74, 6) is -0.513. The molecule has 52 heavy (non-hydrogen) atoms. The average molecular weight is 760 g/mol. The van der Waals surface area contributed by atoms with Gasteiger partial charge in [0, 0.05) is 19.4 Å². The molecule has 0 rings (SSSR count). The summed E-state index contributed by atoms with van der Waals surface area (Å²) in [5.41, 5.74) is 0. The van der Waals surface area contributed by atoms with Crippen LogP contribution in [0.2, 0.25) is 0 Å². The van der Waals surface area contributed by atoms with Crippen LogP contribution in [0, 0.1) is 0 Å². The van der Waals surface area contributed by atoms with Crippen molar-refractivity contribution in [2.24, 2.45) is 0 Å². The fraction of sp³-hybridized carbons (Fsp3) is 0.905. The molecule has 0 aromatic carbocycles. The Morgan fingerprint density at radius 2 is 0.981 bits per heavy atom. The van der Waals surface area contributed by atoms with Gasteiger partial charge in [0.05, 0.1) is 13.2 Å². The maximum absolute atomic E-state index is 12.1. The molecule has 0 aliphatic heterocycles. The van der Waals surface area contributed by atoms with Crippen molar-refractivity contribution < 1.29 is 37.9 Å². The number of amides is 1. The van der Waals surface area contributed by atoms with Gasteiger partial charge in [0.2, 0.25) is 5.91 Å². The molecule has 0 radical (unpaired) electrons. The number of aliphatic hydroxyl groups excluding tert-OH is 1. The van der Waals surface area contributed by atoms with Crippen molar-refractivity contribution in [3.05, 3.63) is 12.2 Å². The molecule has 0 aromatic heterocycles. The summed E-state index contributed by atoms with van der Waals surface area (Å²) in [6.07, 6.45) is 40.0. The first kappa shape index (κ1) is 50.8. The summed E-state index contributed by atoms with van der Waals surface area (Å²) in [4.78, 5) is 33.9. The van der Waals surface area contributed by atoms with E-state index in [1.165, 1.54) is 148 Å². The molecule has 2 atom stereocenters. The van der Waals surface area contributed by atoms with E-state index in [-0.39, 0.29) is 32.1 Å². The van der Waals surface area contributed by atoms with Gasteiger partial charge in [0.25, 0.3) is 0 Å². The van der Waals surface area contributed by atoms with Crippen molar-refractivity contribution >= 4 is 19.7 Å². The normalized spacial score (nSPS) is 13.4. The van der Waals surface area contributed by atoms with Crippen molar-refractivity contribution in [3.63, 3.8) is 0 Å². The Balaban J connectivity index is 3.57. The predicted octanol–water partition coefficient (Wildman–Crippen LogP) is 11.8. The molecule has 0 saturated heterocycles. The molecule has 0 fully saturated rings. The SMILES string of the molecule is CCCCCCCCC/C=C\CCCCCCCCCC(=O)NCCOP(=O)(O)OCC(O)COC(=O)CCCCCCCCCCCCCCC.